The number of nitrogens with one attached hydrogen (secondary N) is 2. The van der Waals surface area contributed by atoms with Gasteiger partial charge in [-0.2, -0.15) is 0 Å². The number of para-hydroxylation sites is 1. The van der Waals surface area contributed by atoms with Gasteiger partial charge in [-0.15, -0.1) is 0 Å². The van der Waals surface area contributed by atoms with Crippen LogP contribution in [0.1, 0.15) is 29.9 Å². The molecule has 5 heteroatoms. The quantitative estimate of drug-likeness (QED) is 0.691. The number of fused-ring (bicyclic) bond motifs is 1. The van der Waals surface area contributed by atoms with Gasteiger partial charge < -0.3 is 15.0 Å². The zero-order valence-electron chi connectivity index (χ0n) is 16.4. The number of rotatable bonds is 6. The van der Waals surface area contributed by atoms with Crippen LogP contribution in [-0.2, 0) is 4.79 Å². The van der Waals surface area contributed by atoms with E-state index in [4.69, 9.17) is 4.74 Å². The van der Waals surface area contributed by atoms with Crippen LogP contribution >= 0.6 is 0 Å². The number of H-pyrrole nitrogens is 1. The van der Waals surface area contributed by atoms with Gasteiger partial charge in [0.2, 0.25) is 5.91 Å². The minimum absolute atomic E-state index is 0.0144. The second-order valence-corrected chi connectivity index (χ2v) is 7.50. The largest absolute Gasteiger partial charge is 0.497 e. The lowest BCUT2D eigenvalue weighted by atomic mass is 9.90. The number of aromatic amines is 1. The molecule has 2 N–H and O–H groups in total. The van der Waals surface area contributed by atoms with Crippen LogP contribution in [0.25, 0.3) is 10.9 Å². The number of hydrogen-bond acceptors (Lipinski definition) is 3. The van der Waals surface area contributed by atoms with Crippen LogP contribution in [0.5, 0.6) is 5.75 Å². The van der Waals surface area contributed by atoms with Crippen molar-refractivity contribution in [2.45, 2.75) is 24.8 Å². The molecule has 0 spiro atoms. The van der Waals surface area contributed by atoms with Crippen LogP contribution in [0.2, 0.25) is 0 Å². The van der Waals surface area contributed by atoms with E-state index >= 15 is 0 Å². The fraction of sp³-hybridized carbons (Fsp3) is 0.348. The number of benzene rings is 2. The van der Waals surface area contributed by atoms with Crippen LogP contribution in [0.3, 0.4) is 0 Å². The standard InChI is InChI=1S/C23H27N3O2/c1-26-13-5-8-22(26)23(27)25-14-19(16-9-11-17(28-2)12-10-16)20-15-24-21-7-4-3-6-18(20)21/h3-4,6-7,9-12,15,19,22,24H,5,8,13-14H2,1-2H3,(H,25,27)/t19?,22-/m0/s1. The minimum atomic E-state index is -0.0144. The Hall–Kier alpha value is -2.79. The molecule has 0 bridgehead atoms. The number of methoxy groups -OCH3 is 1. The number of carbonyl (C=O) groups excluding carboxylic acids is 1. The lowest BCUT2D eigenvalue weighted by Crippen LogP contribution is -2.42. The highest BCUT2D eigenvalue weighted by Gasteiger charge is 2.28. The molecule has 0 aliphatic carbocycles. The summed E-state index contributed by atoms with van der Waals surface area (Å²) in [5.74, 6) is 1.02. The van der Waals surface area contributed by atoms with Crippen molar-refractivity contribution in [2.24, 2.45) is 0 Å². The summed E-state index contributed by atoms with van der Waals surface area (Å²) < 4.78 is 5.31. The first-order valence-electron chi connectivity index (χ1n) is 9.85. The molecule has 1 fully saturated rings. The molecule has 0 saturated carbocycles. The minimum Gasteiger partial charge on any atom is -0.497 e. The van der Waals surface area contributed by atoms with Crippen molar-refractivity contribution >= 4 is 16.8 Å². The van der Waals surface area contributed by atoms with Crippen LogP contribution in [-0.4, -0.2) is 49.1 Å². The van der Waals surface area contributed by atoms with Gasteiger partial charge in [0, 0.05) is 29.6 Å². The predicted octanol–water partition coefficient (Wildman–Crippen LogP) is 3.52. The molecule has 1 aliphatic heterocycles. The Bertz CT molecular complexity index is 948. The SMILES string of the molecule is COc1ccc(C(CNC(=O)[C@@H]2CCCN2C)c2c[nH]c3ccccc23)cc1. The van der Waals surface area contributed by atoms with E-state index in [-0.39, 0.29) is 17.9 Å². The Kier molecular flexibility index (Phi) is 5.35. The third-order valence-corrected chi connectivity index (χ3v) is 5.82. The van der Waals surface area contributed by atoms with E-state index in [9.17, 15) is 4.79 Å². The number of likely N-dealkylation sites (N-methyl/N-ethyl adjacent to an activating group) is 1. The third-order valence-electron chi connectivity index (χ3n) is 5.82. The van der Waals surface area contributed by atoms with E-state index in [1.807, 2.05) is 25.2 Å². The molecule has 0 radical (unpaired) electrons. The van der Waals surface area contributed by atoms with Crippen molar-refractivity contribution in [1.29, 1.82) is 0 Å². The molecule has 1 unspecified atom stereocenters. The molecule has 146 valence electrons. The number of hydrogen-bond donors (Lipinski definition) is 2. The summed E-state index contributed by atoms with van der Waals surface area (Å²) in [5, 5.41) is 4.40. The molecule has 1 saturated heterocycles. The second-order valence-electron chi connectivity index (χ2n) is 7.50. The fourth-order valence-corrected chi connectivity index (χ4v) is 4.19. The topological polar surface area (TPSA) is 57.4 Å². The average Bonchev–Trinajstić information content (AvgIpc) is 3.35. The third kappa shape index (κ3) is 3.62. The number of ether oxygens (including phenoxy) is 1. The van der Waals surface area contributed by atoms with Gasteiger partial charge in [0.25, 0.3) is 0 Å². The van der Waals surface area contributed by atoms with Crippen molar-refractivity contribution in [3.05, 3.63) is 65.9 Å². The van der Waals surface area contributed by atoms with Crippen LogP contribution in [0.15, 0.2) is 54.7 Å². The Morgan fingerprint density at radius 2 is 2.04 bits per heavy atom. The van der Waals surface area contributed by atoms with Crippen LogP contribution in [0.4, 0.5) is 0 Å². The molecule has 4 rings (SSSR count). The molecule has 5 nitrogen and oxygen atoms in total. The molecule has 2 atom stereocenters. The Balaban J connectivity index is 1.62. The van der Waals surface area contributed by atoms with E-state index < -0.39 is 0 Å². The molecular formula is C23H27N3O2. The van der Waals surface area contributed by atoms with Crippen molar-refractivity contribution in [2.75, 3.05) is 27.2 Å². The first-order chi connectivity index (χ1) is 13.7. The summed E-state index contributed by atoms with van der Waals surface area (Å²) >= 11 is 0. The van der Waals surface area contributed by atoms with Gasteiger partial charge >= 0.3 is 0 Å². The predicted molar refractivity (Wildman–Crippen MR) is 112 cm³/mol. The van der Waals surface area contributed by atoms with Gasteiger partial charge in [0.1, 0.15) is 5.75 Å². The number of carbonyl (C=O) groups is 1. The summed E-state index contributed by atoms with van der Waals surface area (Å²) in [6, 6.07) is 16.4. The summed E-state index contributed by atoms with van der Waals surface area (Å²) in [4.78, 5) is 18.3. The Morgan fingerprint density at radius 3 is 2.75 bits per heavy atom. The smallest absolute Gasteiger partial charge is 0.237 e. The van der Waals surface area contributed by atoms with Crippen molar-refractivity contribution in [1.82, 2.24) is 15.2 Å². The fourth-order valence-electron chi connectivity index (χ4n) is 4.19. The Labute approximate surface area is 165 Å². The highest BCUT2D eigenvalue weighted by molar-refractivity contribution is 5.85. The van der Waals surface area contributed by atoms with Gasteiger partial charge in [-0.05, 0) is 55.8 Å². The first-order valence-corrected chi connectivity index (χ1v) is 9.85. The van der Waals surface area contributed by atoms with Gasteiger partial charge in [-0.3, -0.25) is 9.69 Å². The molecule has 3 aromatic rings. The second kappa shape index (κ2) is 8.07. The molecule has 1 aliphatic rings. The summed E-state index contributed by atoms with van der Waals surface area (Å²) in [6.45, 7) is 1.56. The highest BCUT2D eigenvalue weighted by Crippen LogP contribution is 2.31. The molecule has 2 heterocycles. The van der Waals surface area contributed by atoms with Crippen molar-refractivity contribution in [3.63, 3.8) is 0 Å². The summed E-state index contributed by atoms with van der Waals surface area (Å²) in [6.07, 6.45) is 4.08. The lowest BCUT2D eigenvalue weighted by molar-refractivity contribution is -0.125. The van der Waals surface area contributed by atoms with Gasteiger partial charge in [0.05, 0.1) is 13.2 Å². The zero-order valence-corrected chi connectivity index (χ0v) is 16.4. The average molecular weight is 377 g/mol. The number of likely N-dealkylation sites (tertiary alicyclic amines) is 1. The molecular weight excluding hydrogens is 350 g/mol. The monoisotopic (exact) mass is 377 g/mol. The molecule has 2 aromatic carbocycles. The summed E-state index contributed by atoms with van der Waals surface area (Å²) in [7, 11) is 3.70. The number of aromatic nitrogens is 1. The van der Waals surface area contributed by atoms with Crippen molar-refractivity contribution < 1.29 is 9.53 Å². The molecule has 1 amide bonds. The summed E-state index contributed by atoms with van der Waals surface area (Å²) in [5.41, 5.74) is 3.46. The van der Waals surface area contributed by atoms with Crippen LogP contribution in [0, 0.1) is 0 Å². The van der Waals surface area contributed by atoms with Crippen LogP contribution < -0.4 is 10.1 Å². The van der Waals surface area contributed by atoms with E-state index in [1.54, 1.807) is 7.11 Å². The van der Waals surface area contributed by atoms with E-state index in [1.165, 1.54) is 10.9 Å². The highest BCUT2D eigenvalue weighted by atomic mass is 16.5. The Morgan fingerprint density at radius 1 is 1.25 bits per heavy atom. The van der Waals surface area contributed by atoms with E-state index in [2.05, 4.69) is 51.7 Å². The lowest BCUT2D eigenvalue weighted by Gasteiger charge is -2.22. The van der Waals surface area contributed by atoms with Gasteiger partial charge in [0.15, 0.2) is 0 Å². The number of nitrogens with zero attached hydrogens (tertiary/aromatic N) is 1. The molecule has 28 heavy (non-hydrogen) atoms. The maximum absolute atomic E-state index is 12.7. The first kappa shape index (κ1) is 18.6. The van der Waals surface area contributed by atoms with Gasteiger partial charge in [-0.1, -0.05) is 30.3 Å². The van der Waals surface area contributed by atoms with Gasteiger partial charge in [-0.25, -0.2) is 0 Å². The number of amides is 1. The normalized spacial score (nSPS) is 18.3. The maximum atomic E-state index is 12.7. The maximum Gasteiger partial charge on any atom is 0.237 e. The van der Waals surface area contributed by atoms with E-state index in [0.717, 1.165) is 36.2 Å². The molecule has 1 aromatic heterocycles. The zero-order chi connectivity index (χ0) is 19.5. The van der Waals surface area contributed by atoms with Crippen molar-refractivity contribution in [3.8, 4) is 5.75 Å². The van der Waals surface area contributed by atoms with E-state index in [0.29, 0.717) is 6.54 Å².